The summed E-state index contributed by atoms with van der Waals surface area (Å²) in [5.41, 5.74) is 3.00. The highest BCUT2D eigenvalue weighted by atomic mass is 16.5. The van der Waals surface area contributed by atoms with Crippen LogP contribution in [0.4, 0.5) is 5.69 Å². The molecule has 1 atom stereocenters. The first-order chi connectivity index (χ1) is 18.4. The number of hydrogen-bond donors (Lipinski definition) is 1. The number of carbonyl (C=O) groups is 3. The molecule has 1 heterocycles. The highest BCUT2D eigenvalue weighted by Gasteiger charge is 2.24. The van der Waals surface area contributed by atoms with Crippen LogP contribution < -0.4 is 10.1 Å². The number of aromatic nitrogens is 2. The van der Waals surface area contributed by atoms with E-state index >= 15 is 0 Å². The smallest absolute Gasteiger partial charge is 0.358 e. The quantitative estimate of drug-likeness (QED) is 0.315. The number of ether oxygens (including phenoxy) is 3. The third-order valence-corrected chi connectivity index (χ3v) is 5.56. The van der Waals surface area contributed by atoms with E-state index in [1.807, 2.05) is 30.3 Å². The van der Waals surface area contributed by atoms with Crippen molar-refractivity contribution in [2.24, 2.45) is 0 Å². The SMILES string of the molecule is CCOC(=O)c1cc(-c2cccc(NC(=O)C(OC(C)=O)c3ccccc3)c2)n(-c2ccccc2OC)n1. The molecule has 0 aliphatic rings. The monoisotopic (exact) mass is 513 g/mol. The Morgan fingerprint density at radius 1 is 0.947 bits per heavy atom. The fourth-order valence-electron chi connectivity index (χ4n) is 3.91. The Morgan fingerprint density at radius 3 is 2.39 bits per heavy atom. The zero-order chi connectivity index (χ0) is 27.1. The predicted molar refractivity (Wildman–Crippen MR) is 141 cm³/mol. The number of anilines is 1. The summed E-state index contributed by atoms with van der Waals surface area (Å²) >= 11 is 0. The first-order valence-corrected chi connectivity index (χ1v) is 11.9. The van der Waals surface area contributed by atoms with E-state index in [1.165, 1.54) is 6.92 Å². The zero-order valence-corrected chi connectivity index (χ0v) is 21.2. The van der Waals surface area contributed by atoms with E-state index in [2.05, 4.69) is 10.4 Å². The van der Waals surface area contributed by atoms with Gasteiger partial charge in [-0.15, -0.1) is 0 Å². The molecular formula is C29H27N3O6. The second-order valence-corrected chi connectivity index (χ2v) is 8.19. The lowest BCUT2D eigenvalue weighted by molar-refractivity contribution is -0.152. The number of hydrogen-bond acceptors (Lipinski definition) is 7. The molecular weight excluding hydrogens is 486 g/mol. The molecule has 1 unspecified atom stereocenters. The fraction of sp³-hybridized carbons (Fsp3) is 0.172. The highest BCUT2D eigenvalue weighted by Crippen LogP contribution is 2.31. The minimum Gasteiger partial charge on any atom is -0.494 e. The van der Waals surface area contributed by atoms with Gasteiger partial charge in [0.15, 0.2) is 5.69 Å². The van der Waals surface area contributed by atoms with Crippen molar-refractivity contribution < 1.29 is 28.6 Å². The van der Waals surface area contributed by atoms with Gasteiger partial charge >= 0.3 is 11.9 Å². The third-order valence-electron chi connectivity index (χ3n) is 5.56. The summed E-state index contributed by atoms with van der Waals surface area (Å²) in [5.74, 6) is -1.08. The summed E-state index contributed by atoms with van der Waals surface area (Å²) in [6.45, 7) is 3.19. The maximum absolute atomic E-state index is 13.2. The summed E-state index contributed by atoms with van der Waals surface area (Å²) in [7, 11) is 1.55. The third kappa shape index (κ3) is 5.89. The molecule has 9 nitrogen and oxygen atoms in total. The highest BCUT2D eigenvalue weighted by molar-refractivity contribution is 5.96. The summed E-state index contributed by atoms with van der Waals surface area (Å²) in [5, 5.41) is 7.32. The van der Waals surface area contributed by atoms with Crippen LogP contribution in [-0.2, 0) is 19.1 Å². The van der Waals surface area contributed by atoms with Crippen molar-refractivity contribution in [2.45, 2.75) is 20.0 Å². The van der Waals surface area contributed by atoms with Gasteiger partial charge < -0.3 is 19.5 Å². The maximum atomic E-state index is 13.2. The number of rotatable bonds is 9. The Morgan fingerprint density at radius 2 is 1.68 bits per heavy atom. The van der Waals surface area contributed by atoms with Gasteiger partial charge in [0.1, 0.15) is 11.4 Å². The normalized spacial score (nSPS) is 11.3. The minimum absolute atomic E-state index is 0.126. The topological polar surface area (TPSA) is 109 Å². The molecule has 0 fully saturated rings. The van der Waals surface area contributed by atoms with E-state index in [1.54, 1.807) is 73.3 Å². The number of nitrogens with zero attached hydrogens (tertiary/aromatic N) is 2. The van der Waals surface area contributed by atoms with E-state index in [-0.39, 0.29) is 12.3 Å². The van der Waals surface area contributed by atoms with E-state index in [4.69, 9.17) is 14.2 Å². The average Bonchev–Trinajstić information content (AvgIpc) is 3.38. The second kappa shape index (κ2) is 11.9. The molecule has 1 amide bonds. The Labute approximate surface area is 220 Å². The number of esters is 2. The molecule has 0 aliphatic carbocycles. The Balaban J connectivity index is 1.72. The molecule has 38 heavy (non-hydrogen) atoms. The van der Waals surface area contributed by atoms with Crippen LogP contribution in [-0.4, -0.2) is 41.3 Å². The Kier molecular flexibility index (Phi) is 8.17. The van der Waals surface area contributed by atoms with E-state index < -0.39 is 23.9 Å². The van der Waals surface area contributed by atoms with Gasteiger partial charge in [0.05, 0.1) is 19.4 Å². The number of amides is 1. The van der Waals surface area contributed by atoms with E-state index in [0.717, 1.165) is 0 Å². The number of benzene rings is 3. The number of methoxy groups -OCH3 is 1. The lowest BCUT2D eigenvalue weighted by atomic mass is 10.1. The lowest BCUT2D eigenvalue weighted by Crippen LogP contribution is -2.25. The predicted octanol–water partition coefficient (Wildman–Crippen LogP) is 4.97. The van der Waals surface area contributed by atoms with Crippen LogP contribution in [0, 0.1) is 0 Å². The van der Waals surface area contributed by atoms with Crippen LogP contribution >= 0.6 is 0 Å². The van der Waals surface area contributed by atoms with Gasteiger partial charge in [-0.1, -0.05) is 54.6 Å². The van der Waals surface area contributed by atoms with E-state index in [9.17, 15) is 14.4 Å². The molecule has 0 saturated carbocycles. The van der Waals surface area contributed by atoms with Crippen LogP contribution in [0.5, 0.6) is 5.75 Å². The first kappa shape index (κ1) is 26.2. The molecule has 1 aromatic heterocycles. The molecule has 9 heteroatoms. The Bertz CT molecular complexity index is 1450. The zero-order valence-electron chi connectivity index (χ0n) is 21.2. The van der Waals surface area contributed by atoms with Crippen LogP contribution in [0.3, 0.4) is 0 Å². The number of nitrogens with one attached hydrogen (secondary N) is 1. The van der Waals surface area contributed by atoms with E-state index in [0.29, 0.717) is 33.9 Å². The van der Waals surface area contributed by atoms with Crippen LogP contribution in [0.25, 0.3) is 16.9 Å². The summed E-state index contributed by atoms with van der Waals surface area (Å²) in [4.78, 5) is 37.4. The summed E-state index contributed by atoms with van der Waals surface area (Å²) < 4.78 is 17.6. The van der Waals surface area contributed by atoms with Crippen molar-refractivity contribution in [1.29, 1.82) is 0 Å². The van der Waals surface area contributed by atoms with Gasteiger partial charge in [-0.25, -0.2) is 9.48 Å². The van der Waals surface area contributed by atoms with Crippen molar-refractivity contribution in [3.63, 3.8) is 0 Å². The lowest BCUT2D eigenvalue weighted by Gasteiger charge is -2.17. The molecule has 1 N–H and O–H groups in total. The fourth-order valence-corrected chi connectivity index (χ4v) is 3.91. The molecule has 0 bridgehead atoms. The van der Waals surface area contributed by atoms with Gasteiger partial charge in [-0.3, -0.25) is 9.59 Å². The molecule has 194 valence electrons. The van der Waals surface area contributed by atoms with Crippen molar-refractivity contribution in [1.82, 2.24) is 9.78 Å². The molecule has 4 aromatic rings. The molecule has 4 rings (SSSR count). The van der Waals surface area contributed by atoms with Crippen molar-refractivity contribution in [2.75, 3.05) is 19.0 Å². The number of para-hydroxylation sites is 2. The molecule has 0 saturated heterocycles. The summed E-state index contributed by atoms with van der Waals surface area (Å²) in [6.07, 6.45) is -1.12. The van der Waals surface area contributed by atoms with Gasteiger partial charge in [0, 0.05) is 23.7 Å². The van der Waals surface area contributed by atoms with Gasteiger partial charge in [-0.2, -0.15) is 5.10 Å². The molecule has 0 spiro atoms. The molecule has 0 radical (unpaired) electrons. The molecule has 0 aliphatic heterocycles. The second-order valence-electron chi connectivity index (χ2n) is 8.19. The van der Waals surface area contributed by atoms with Crippen molar-refractivity contribution in [3.05, 3.63) is 96.2 Å². The first-order valence-electron chi connectivity index (χ1n) is 11.9. The van der Waals surface area contributed by atoms with Crippen LogP contribution in [0.1, 0.15) is 36.0 Å². The van der Waals surface area contributed by atoms with Gasteiger partial charge in [0.2, 0.25) is 6.10 Å². The largest absolute Gasteiger partial charge is 0.494 e. The minimum atomic E-state index is -1.12. The van der Waals surface area contributed by atoms with Crippen molar-refractivity contribution in [3.8, 4) is 22.7 Å². The van der Waals surface area contributed by atoms with Gasteiger partial charge in [-0.05, 0) is 37.3 Å². The number of carbonyl (C=O) groups excluding carboxylic acids is 3. The standard InChI is InChI=1S/C29H27N3O6/c1-4-37-29(35)23-18-25(32(31-23)24-15-8-9-16-26(24)36-3)21-13-10-14-22(17-21)30-28(34)27(38-19(2)33)20-11-6-5-7-12-20/h5-18,27H,4H2,1-3H3,(H,30,34). The Hall–Kier alpha value is -4.92. The maximum Gasteiger partial charge on any atom is 0.358 e. The summed E-state index contributed by atoms with van der Waals surface area (Å²) in [6, 6.07) is 24.7. The van der Waals surface area contributed by atoms with Crippen molar-refractivity contribution >= 4 is 23.5 Å². The van der Waals surface area contributed by atoms with Gasteiger partial charge in [0.25, 0.3) is 5.91 Å². The average molecular weight is 514 g/mol. The molecule has 3 aromatic carbocycles. The van der Waals surface area contributed by atoms with Crippen LogP contribution in [0.15, 0.2) is 84.9 Å². The van der Waals surface area contributed by atoms with Crippen LogP contribution in [0.2, 0.25) is 0 Å².